The number of nitrogens with one attached hydrogen (secondary N) is 1. The van der Waals surface area contributed by atoms with Crippen LogP contribution in [0.25, 0.3) is 33.2 Å². The molecule has 0 atom stereocenters. The third kappa shape index (κ3) is 0.826. The van der Waals surface area contributed by atoms with E-state index < -0.39 is 0 Å². The van der Waals surface area contributed by atoms with Gasteiger partial charge >= 0.3 is 0 Å². The van der Waals surface area contributed by atoms with Crippen molar-refractivity contribution in [2.45, 2.75) is 0 Å². The zero-order valence-corrected chi connectivity index (χ0v) is 8.14. The predicted molar refractivity (Wildman–Crippen MR) is 59.0 cm³/mol. The van der Waals surface area contributed by atoms with Crippen LogP contribution in [0.3, 0.4) is 0 Å². The molecular formula is C11H6N4O. The number of furan rings is 1. The number of rotatable bonds is 0. The molecule has 0 amide bonds. The van der Waals surface area contributed by atoms with Crippen LogP contribution >= 0.6 is 0 Å². The van der Waals surface area contributed by atoms with Crippen molar-refractivity contribution < 1.29 is 4.42 Å². The molecule has 76 valence electrons. The Morgan fingerprint density at radius 1 is 1.31 bits per heavy atom. The molecule has 0 aromatic carbocycles. The highest BCUT2D eigenvalue weighted by Gasteiger charge is 2.14. The molecule has 0 saturated carbocycles. The maximum atomic E-state index is 5.59. The molecular weight excluding hydrogens is 204 g/mol. The molecule has 0 aliphatic heterocycles. The smallest absolute Gasteiger partial charge is 0.231 e. The summed E-state index contributed by atoms with van der Waals surface area (Å²) in [5.74, 6) is 0. The third-order valence-corrected chi connectivity index (χ3v) is 2.66. The van der Waals surface area contributed by atoms with E-state index in [1.54, 1.807) is 18.7 Å². The van der Waals surface area contributed by atoms with E-state index in [0.29, 0.717) is 16.9 Å². The first-order chi connectivity index (χ1) is 7.93. The van der Waals surface area contributed by atoms with E-state index in [-0.39, 0.29) is 0 Å². The Morgan fingerprint density at radius 3 is 3.31 bits per heavy atom. The summed E-state index contributed by atoms with van der Waals surface area (Å²) in [6.07, 6.45) is 5.03. The topological polar surface area (TPSA) is 67.6 Å². The fraction of sp³-hybridized carbons (Fsp3) is 0. The normalized spacial score (nSPS) is 11.8. The van der Waals surface area contributed by atoms with E-state index in [1.165, 1.54) is 0 Å². The van der Waals surface area contributed by atoms with E-state index in [1.807, 2.05) is 12.1 Å². The number of pyridine rings is 1. The number of H-pyrrole nitrogens is 1. The van der Waals surface area contributed by atoms with Crippen molar-refractivity contribution in [3.63, 3.8) is 0 Å². The summed E-state index contributed by atoms with van der Waals surface area (Å²) in [5.41, 5.74) is 2.95. The Labute approximate surface area is 89.1 Å². The van der Waals surface area contributed by atoms with Crippen molar-refractivity contribution >= 4 is 33.2 Å². The van der Waals surface area contributed by atoms with Crippen LogP contribution in [-0.4, -0.2) is 19.9 Å². The SMILES string of the molecule is c1cnc2nc3oc4cnc[nH]c4c3c2c1. The largest absolute Gasteiger partial charge is 0.434 e. The second-order valence-electron chi connectivity index (χ2n) is 3.56. The van der Waals surface area contributed by atoms with Gasteiger partial charge in [-0.1, -0.05) is 0 Å². The number of fused-ring (bicyclic) bond motifs is 5. The van der Waals surface area contributed by atoms with Gasteiger partial charge in [0.1, 0.15) is 0 Å². The Morgan fingerprint density at radius 2 is 2.31 bits per heavy atom. The van der Waals surface area contributed by atoms with E-state index in [4.69, 9.17) is 4.42 Å². The van der Waals surface area contributed by atoms with Crippen molar-refractivity contribution in [2.24, 2.45) is 0 Å². The Hall–Kier alpha value is -2.43. The van der Waals surface area contributed by atoms with Crippen LogP contribution in [0.4, 0.5) is 0 Å². The summed E-state index contributed by atoms with van der Waals surface area (Å²) in [5, 5.41) is 1.97. The maximum absolute atomic E-state index is 5.59. The molecule has 0 spiro atoms. The van der Waals surface area contributed by atoms with Gasteiger partial charge in [0.25, 0.3) is 0 Å². The quantitative estimate of drug-likeness (QED) is 0.483. The number of nitrogens with zero attached hydrogens (tertiary/aromatic N) is 3. The van der Waals surface area contributed by atoms with Gasteiger partial charge in [-0.3, -0.25) is 0 Å². The van der Waals surface area contributed by atoms with Gasteiger partial charge in [-0.2, -0.15) is 4.98 Å². The molecule has 0 radical (unpaired) electrons. The van der Waals surface area contributed by atoms with Gasteiger partial charge in [-0.05, 0) is 12.1 Å². The molecule has 4 aromatic heterocycles. The Bertz CT molecular complexity index is 749. The molecule has 4 aromatic rings. The molecule has 0 fully saturated rings. The monoisotopic (exact) mass is 210 g/mol. The fourth-order valence-corrected chi connectivity index (χ4v) is 1.98. The Balaban J connectivity index is 2.38. The lowest BCUT2D eigenvalue weighted by Gasteiger charge is -1.89. The molecule has 1 N–H and O–H groups in total. The van der Waals surface area contributed by atoms with Crippen LogP contribution < -0.4 is 0 Å². The number of hydrogen-bond acceptors (Lipinski definition) is 4. The average molecular weight is 210 g/mol. The van der Waals surface area contributed by atoms with Gasteiger partial charge in [-0.25, -0.2) is 9.97 Å². The summed E-state index contributed by atoms with van der Waals surface area (Å²) in [6, 6.07) is 3.88. The van der Waals surface area contributed by atoms with E-state index in [9.17, 15) is 0 Å². The molecule has 4 heterocycles. The molecule has 16 heavy (non-hydrogen) atoms. The van der Waals surface area contributed by atoms with Crippen LogP contribution in [-0.2, 0) is 0 Å². The van der Waals surface area contributed by atoms with Crippen LogP contribution in [0.5, 0.6) is 0 Å². The standard InChI is InChI=1S/C11H6N4O/c1-2-6-8-9-7(4-12-5-14-9)16-11(8)15-10(6)13-3-1/h1-5H,(H,12,14). The molecule has 5 nitrogen and oxygen atoms in total. The second kappa shape index (κ2) is 2.57. The van der Waals surface area contributed by atoms with E-state index in [2.05, 4.69) is 19.9 Å². The summed E-state index contributed by atoms with van der Waals surface area (Å²) >= 11 is 0. The summed E-state index contributed by atoms with van der Waals surface area (Å²) in [6.45, 7) is 0. The van der Waals surface area contributed by atoms with Crippen molar-refractivity contribution in [3.05, 3.63) is 30.9 Å². The summed E-state index contributed by atoms with van der Waals surface area (Å²) in [4.78, 5) is 15.6. The van der Waals surface area contributed by atoms with Gasteiger partial charge in [0, 0.05) is 11.6 Å². The predicted octanol–water partition coefficient (Wildman–Crippen LogP) is 2.25. The zero-order valence-electron chi connectivity index (χ0n) is 8.14. The minimum absolute atomic E-state index is 0.605. The summed E-state index contributed by atoms with van der Waals surface area (Å²) in [7, 11) is 0. The second-order valence-corrected chi connectivity index (χ2v) is 3.56. The first-order valence-corrected chi connectivity index (χ1v) is 4.89. The lowest BCUT2D eigenvalue weighted by Crippen LogP contribution is -1.77. The molecule has 0 saturated heterocycles. The van der Waals surface area contributed by atoms with Gasteiger partial charge in [-0.15, -0.1) is 0 Å². The van der Waals surface area contributed by atoms with Crippen LogP contribution in [0.15, 0.2) is 35.3 Å². The molecule has 0 bridgehead atoms. The first-order valence-electron chi connectivity index (χ1n) is 4.89. The molecule has 0 unspecified atom stereocenters. The van der Waals surface area contributed by atoms with Gasteiger partial charge < -0.3 is 9.40 Å². The minimum atomic E-state index is 0.605. The van der Waals surface area contributed by atoms with Gasteiger partial charge in [0.05, 0.1) is 23.4 Å². The van der Waals surface area contributed by atoms with Gasteiger partial charge in [0.15, 0.2) is 11.2 Å². The highest BCUT2D eigenvalue weighted by Crippen LogP contribution is 2.31. The zero-order chi connectivity index (χ0) is 10.5. The fourth-order valence-electron chi connectivity index (χ4n) is 1.98. The lowest BCUT2D eigenvalue weighted by atomic mass is 10.2. The number of aromatic amines is 1. The van der Waals surface area contributed by atoms with Crippen LogP contribution in [0.2, 0.25) is 0 Å². The highest BCUT2D eigenvalue weighted by molar-refractivity contribution is 6.16. The Kier molecular flexibility index (Phi) is 1.26. The van der Waals surface area contributed by atoms with E-state index >= 15 is 0 Å². The van der Waals surface area contributed by atoms with E-state index in [0.717, 1.165) is 16.3 Å². The average Bonchev–Trinajstić information content (AvgIpc) is 2.83. The number of hydrogen-bond donors (Lipinski definition) is 1. The maximum Gasteiger partial charge on any atom is 0.231 e. The van der Waals surface area contributed by atoms with Crippen LogP contribution in [0, 0.1) is 0 Å². The lowest BCUT2D eigenvalue weighted by molar-refractivity contribution is 0.653. The van der Waals surface area contributed by atoms with Crippen molar-refractivity contribution in [1.29, 1.82) is 0 Å². The molecule has 0 aliphatic carbocycles. The first kappa shape index (κ1) is 7.81. The molecule has 5 heteroatoms. The molecule has 4 rings (SSSR count). The van der Waals surface area contributed by atoms with Crippen molar-refractivity contribution in [3.8, 4) is 0 Å². The summed E-state index contributed by atoms with van der Waals surface area (Å²) < 4.78 is 5.59. The third-order valence-electron chi connectivity index (χ3n) is 2.66. The number of aromatic nitrogens is 4. The minimum Gasteiger partial charge on any atom is -0.434 e. The van der Waals surface area contributed by atoms with Crippen molar-refractivity contribution in [2.75, 3.05) is 0 Å². The van der Waals surface area contributed by atoms with Gasteiger partial charge in [0.2, 0.25) is 5.71 Å². The van der Waals surface area contributed by atoms with Crippen molar-refractivity contribution in [1.82, 2.24) is 19.9 Å². The van der Waals surface area contributed by atoms with Crippen LogP contribution in [0.1, 0.15) is 0 Å². The molecule has 0 aliphatic rings. The highest BCUT2D eigenvalue weighted by atomic mass is 16.3.